The Bertz CT molecular complexity index is 652. The second kappa shape index (κ2) is 5.85. The van der Waals surface area contributed by atoms with Crippen molar-refractivity contribution in [2.75, 3.05) is 5.32 Å². The number of aryl methyl sites for hydroxylation is 2. The van der Waals surface area contributed by atoms with Gasteiger partial charge in [-0.05, 0) is 39.0 Å². The average Bonchev–Trinajstić information content (AvgIpc) is 2.70. The Morgan fingerprint density at radius 2 is 1.95 bits per heavy atom. The van der Waals surface area contributed by atoms with Crippen molar-refractivity contribution in [1.82, 2.24) is 4.98 Å². The highest BCUT2D eigenvalue weighted by atomic mass is 35.5. The van der Waals surface area contributed by atoms with E-state index in [9.17, 15) is 13.2 Å². The molecular weight excluding hydrogens is 321 g/mol. The Morgan fingerprint density at radius 1 is 1.29 bits per heavy atom. The molecule has 0 fully saturated rings. The zero-order valence-electron chi connectivity index (χ0n) is 11.7. The molecule has 0 spiro atoms. The molecule has 0 amide bonds. The van der Waals surface area contributed by atoms with Gasteiger partial charge in [0, 0.05) is 4.88 Å². The molecule has 1 unspecified atom stereocenters. The molecule has 0 aliphatic carbocycles. The fraction of sp³-hybridized carbons (Fsp3) is 0.357. The van der Waals surface area contributed by atoms with E-state index in [2.05, 4.69) is 10.3 Å². The van der Waals surface area contributed by atoms with Crippen molar-refractivity contribution in [3.63, 3.8) is 0 Å². The molecule has 1 heterocycles. The summed E-state index contributed by atoms with van der Waals surface area (Å²) in [5.74, 6) is 0. The molecule has 2 aromatic rings. The molecule has 0 radical (unpaired) electrons. The number of thiazole rings is 1. The van der Waals surface area contributed by atoms with Crippen molar-refractivity contribution in [2.45, 2.75) is 33.0 Å². The molecule has 0 saturated carbocycles. The Labute approximate surface area is 130 Å². The van der Waals surface area contributed by atoms with E-state index in [1.807, 2.05) is 20.8 Å². The summed E-state index contributed by atoms with van der Waals surface area (Å²) in [6.07, 6.45) is -4.39. The Morgan fingerprint density at radius 3 is 2.48 bits per heavy atom. The predicted octanol–water partition coefficient (Wildman–Crippen LogP) is 5.61. The van der Waals surface area contributed by atoms with Crippen molar-refractivity contribution in [3.05, 3.63) is 44.4 Å². The maximum atomic E-state index is 12.7. The first kappa shape index (κ1) is 16.1. The third-order valence-corrected chi connectivity index (χ3v) is 4.25. The first-order valence-electron chi connectivity index (χ1n) is 6.25. The highest BCUT2D eigenvalue weighted by Crippen LogP contribution is 2.35. The zero-order valence-corrected chi connectivity index (χ0v) is 13.2. The highest BCUT2D eigenvalue weighted by molar-refractivity contribution is 7.11. The van der Waals surface area contributed by atoms with Crippen LogP contribution in [0.3, 0.4) is 0 Å². The van der Waals surface area contributed by atoms with E-state index in [0.717, 1.165) is 27.7 Å². The standard InChI is InChI=1S/C14H14ClF3N2S/c1-7(13-8(2)21-9(3)20-13)19-12-6-10(14(16,17)18)4-5-11(12)15/h4-7,19H,1-3H3. The minimum atomic E-state index is -4.39. The summed E-state index contributed by atoms with van der Waals surface area (Å²) in [5, 5.41) is 4.18. The largest absolute Gasteiger partial charge is 0.416 e. The third-order valence-electron chi connectivity index (χ3n) is 3.02. The lowest BCUT2D eigenvalue weighted by molar-refractivity contribution is -0.137. The van der Waals surface area contributed by atoms with Gasteiger partial charge < -0.3 is 5.32 Å². The van der Waals surface area contributed by atoms with Crippen LogP contribution >= 0.6 is 22.9 Å². The SMILES string of the molecule is Cc1nc(C(C)Nc2cc(C(F)(F)F)ccc2Cl)c(C)s1. The van der Waals surface area contributed by atoms with Gasteiger partial charge >= 0.3 is 6.18 Å². The lowest BCUT2D eigenvalue weighted by Gasteiger charge is -2.17. The monoisotopic (exact) mass is 334 g/mol. The topological polar surface area (TPSA) is 24.9 Å². The number of nitrogens with zero attached hydrogens (tertiary/aromatic N) is 1. The summed E-state index contributed by atoms with van der Waals surface area (Å²) in [5.41, 5.74) is 0.350. The van der Waals surface area contributed by atoms with Crippen LogP contribution < -0.4 is 5.32 Å². The molecule has 1 aromatic heterocycles. The zero-order chi connectivity index (χ0) is 15.8. The van der Waals surface area contributed by atoms with Crippen LogP contribution in [0.2, 0.25) is 5.02 Å². The molecule has 0 aliphatic heterocycles. The number of hydrogen-bond donors (Lipinski definition) is 1. The third kappa shape index (κ3) is 3.68. The van der Waals surface area contributed by atoms with Crippen molar-refractivity contribution in [2.24, 2.45) is 0 Å². The summed E-state index contributed by atoms with van der Waals surface area (Å²) in [7, 11) is 0. The molecule has 1 N–H and O–H groups in total. The lowest BCUT2D eigenvalue weighted by Crippen LogP contribution is -2.11. The van der Waals surface area contributed by atoms with Gasteiger partial charge in [0.2, 0.25) is 0 Å². The van der Waals surface area contributed by atoms with Crippen LogP contribution in [0, 0.1) is 13.8 Å². The molecule has 0 saturated heterocycles. The van der Waals surface area contributed by atoms with Gasteiger partial charge in [0.25, 0.3) is 0 Å². The number of halogens is 4. The summed E-state index contributed by atoms with van der Waals surface area (Å²) in [4.78, 5) is 5.44. The maximum Gasteiger partial charge on any atom is 0.416 e. The Kier molecular flexibility index (Phi) is 4.49. The molecular formula is C14H14ClF3N2S. The molecule has 21 heavy (non-hydrogen) atoms. The van der Waals surface area contributed by atoms with Crippen LogP contribution in [0.15, 0.2) is 18.2 Å². The molecule has 7 heteroatoms. The second-order valence-electron chi connectivity index (χ2n) is 4.73. The van der Waals surface area contributed by atoms with E-state index in [1.165, 1.54) is 6.07 Å². The van der Waals surface area contributed by atoms with Crippen LogP contribution in [0.1, 0.15) is 34.1 Å². The first-order chi connectivity index (χ1) is 9.68. The molecule has 1 aromatic carbocycles. The molecule has 0 bridgehead atoms. The van der Waals surface area contributed by atoms with Gasteiger partial charge in [-0.1, -0.05) is 11.6 Å². The molecule has 114 valence electrons. The highest BCUT2D eigenvalue weighted by Gasteiger charge is 2.31. The van der Waals surface area contributed by atoms with E-state index >= 15 is 0 Å². The lowest BCUT2D eigenvalue weighted by atomic mass is 10.1. The summed E-state index contributed by atoms with van der Waals surface area (Å²) in [6, 6.07) is 3.01. The van der Waals surface area contributed by atoms with E-state index in [0.29, 0.717) is 0 Å². The van der Waals surface area contributed by atoms with Gasteiger partial charge in [-0.15, -0.1) is 11.3 Å². The van der Waals surface area contributed by atoms with Gasteiger partial charge in [0.15, 0.2) is 0 Å². The fourth-order valence-electron chi connectivity index (χ4n) is 2.06. The minimum absolute atomic E-state index is 0.226. The van der Waals surface area contributed by atoms with Crippen LogP contribution in [0.5, 0.6) is 0 Å². The number of aromatic nitrogens is 1. The molecule has 1 atom stereocenters. The second-order valence-corrected chi connectivity index (χ2v) is 6.55. The normalized spacial score (nSPS) is 13.3. The number of benzene rings is 1. The van der Waals surface area contributed by atoms with Crippen LogP contribution in [0.25, 0.3) is 0 Å². The first-order valence-corrected chi connectivity index (χ1v) is 7.45. The number of alkyl halides is 3. The molecule has 2 nitrogen and oxygen atoms in total. The minimum Gasteiger partial charge on any atom is -0.376 e. The van der Waals surface area contributed by atoms with Crippen LogP contribution in [-0.2, 0) is 6.18 Å². The summed E-state index contributed by atoms with van der Waals surface area (Å²) < 4.78 is 38.2. The van der Waals surface area contributed by atoms with Crippen LogP contribution in [0.4, 0.5) is 18.9 Å². The van der Waals surface area contributed by atoms with Crippen LogP contribution in [-0.4, -0.2) is 4.98 Å². The summed E-state index contributed by atoms with van der Waals surface area (Å²) >= 11 is 7.53. The van der Waals surface area contributed by atoms with Crippen molar-refractivity contribution >= 4 is 28.6 Å². The summed E-state index contributed by atoms with van der Waals surface area (Å²) in [6.45, 7) is 5.68. The quantitative estimate of drug-likeness (QED) is 0.789. The predicted molar refractivity (Wildman–Crippen MR) is 80.1 cm³/mol. The van der Waals surface area contributed by atoms with Gasteiger partial charge in [-0.3, -0.25) is 0 Å². The van der Waals surface area contributed by atoms with Crippen molar-refractivity contribution in [3.8, 4) is 0 Å². The van der Waals surface area contributed by atoms with Crippen molar-refractivity contribution in [1.29, 1.82) is 0 Å². The Hall–Kier alpha value is -1.27. The number of anilines is 1. The van der Waals surface area contributed by atoms with Gasteiger partial charge in [-0.2, -0.15) is 13.2 Å². The van der Waals surface area contributed by atoms with E-state index < -0.39 is 11.7 Å². The van der Waals surface area contributed by atoms with Gasteiger partial charge in [0.1, 0.15) is 0 Å². The Balaban J connectivity index is 2.28. The van der Waals surface area contributed by atoms with Crippen molar-refractivity contribution < 1.29 is 13.2 Å². The average molecular weight is 335 g/mol. The fourth-order valence-corrected chi connectivity index (χ4v) is 3.15. The number of rotatable bonds is 3. The smallest absolute Gasteiger partial charge is 0.376 e. The van der Waals surface area contributed by atoms with E-state index in [1.54, 1.807) is 11.3 Å². The number of hydrogen-bond acceptors (Lipinski definition) is 3. The van der Waals surface area contributed by atoms with E-state index in [-0.39, 0.29) is 16.8 Å². The van der Waals surface area contributed by atoms with Gasteiger partial charge in [0.05, 0.1) is 33.0 Å². The maximum absolute atomic E-state index is 12.7. The van der Waals surface area contributed by atoms with E-state index in [4.69, 9.17) is 11.6 Å². The number of nitrogens with one attached hydrogen (secondary N) is 1. The molecule has 2 rings (SSSR count). The molecule has 0 aliphatic rings. The van der Waals surface area contributed by atoms with Gasteiger partial charge in [-0.25, -0.2) is 4.98 Å².